The minimum absolute atomic E-state index is 0.0383. The zero-order chi connectivity index (χ0) is 14.2. The van der Waals surface area contributed by atoms with Crippen LogP contribution in [0.1, 0.15) is 18.9 Å². The van der Waals surface area contributed by atoms with E-state index in [1.54, 1.807) is 6.92 Å². The molecule has 1 unspecified atom stereocenters. The third-order valence-corrected chi connectivity index (χ3v) is 4.72. The second kappa shape index (κ2) is 5.05. The van der Waals surface area contributed by atoms with Gasteiger partial charge in [-0.3, -0.25) is 10.1 Å². The van der Waals surface area contributed by atoms with Gasteiger partial charge in [0.05, 0.1) is 9.40 Å². The monoisotopic (exact) mass is 328 g/mol. The molecule has 0 saturated carbocycles. The van der Waals surface area contributed by atoms with Crippen LogP contribution in [-0.4, -0.2) is 29.5 Å². The second-order valence-electron chi connectivity index (χ2n) is 5.35. The summed E-state index contributed by atoms with van der Waals surface area (Å²) in [7, 11) is 0. The van der Waals surface area contributed by atoms with E-state index < -0.39 is 4.92 Å². The number of hydrogen-bond donors (Lipinski definition) is 1. The molecule has 7 heteroatoms. The summed E-state index contributed by atoms with van der Waals surface area (Å²) in [5.74, 6) is 0.764. The summed E-state index contributed by atoms with van der Waals surface area (Å²) in [5, 5.41) is 10.9. The van der Waals surface area contributed by atoms with Gasteiger partial charge < -0.3 is 10.6 Å². The minimum Gasteiger partial charge on any atom is -0.355 e. The lowest BCUT2D eigenvalue weighted by Gasteiger charge is -2.24. The molecule has 1 aromatic heterocycles. The minimum atomic E-state index is -0.412. The van der Waals surface area contributed by atoms with E-state index in [0.717, 1.165) is 25.3 Å². The summed E-state index contributed by atoms with van der Waals surface area (Å²) < 4.78 is 0.697. The molecule has 1 aliphatic rings. The predicted octanol–water partition coefficient (Wildman–Crippen LogP) is 2.24. The highest BCUT2D eigenvalue weighted by molar-refractivity contribution is 9.10. The van der Waals surface area contributed by atoms with E-state index in [0.29, 0.717) is 16.6 Å². The quantitative estimate of drug-likeness (QED) is 0.679. The van der Waals surface area contributed by atoms with Gasteiger partial charge in [-0.05, 0) is 41.2 Å². The van der Waals surface area contributed by atoms with Gasteiger partial charge in [-0.15, -0.1) is 0 Å². The largest absolute Gasteiger partial charge is 0.355 e. The molecule has 1 aliphatic heterocycles. The molecular weight excluding hydrogens is 312 g/mol. The highest BCUT2D eigenvalue weighted by Crippen LogP contribution is 2.37. The molecule has 1 aromatic rings. The summed E-state index contributed by atoms with van der Waals surface area (Å²) in [5.41, 5.74) is 6.53. The lowest BCUT2D eigenvalue weighted by molar-refractivity contribution is -0.385. The molecule has 1 atom stereocenters. The van der Waals surface area contributed by atoms with Crippen molar-refractivity contribution in [3.63, 3.8) is 0 Å². The number of nitro groups is 1. The maximum absolute atomic E-state index is 10.9. The van der Waals surface area contributed by atoms with Gasteiger partial charge in [0.25, 0.3) is 5.69 Å². The van der Waals surface area contributed by atoms with Crippen LogP contribution in [0, 0.1) is 22.5 Å². The van der Waals surface area contributed by atoms with Crippen molar-refractivity contribution in [2.24, 2.45) is 11.1 Å². The number of rotatable bonds is 3. The Kier molecular flexibility index (Phi) is 3.78. The van der Waals surface area contributed by atoms with E-state index >= 15 is 0 Å². The number of anilines is 1. The van der Waals surface area contributed by atoms with Gasteiger partial charge >= 0.3 is 0 Å². The van der Waals surface area contributed by atoms with Crippen LogP contribution in [0.4, 0.5) is 11.5 Å². The van der Waals surface area contributed by atoms with E-state index in [2.05, 4.69) is 32.7 Å². The van der Waals surface area contributed by atoms with Crippen molar-refractivity contribution in [1.29, 1.82) is 0 Å². The van der Waals surface area contributed by atoms with Gasteiger partial charge in [-0.2, -0.15) is 0 Å². The molecule has 1 fully saturated rings. The second-order valence-corrected chi connectivity index (χ2v) is 6.14. The molecule has 0 aromatic carbocycles. The fraction of sp³-hybridized carbons (Fsp3) is 0.583. The molecular formula is C12H17BrN4O2. The van der Waals surface area contributed by atoms with Crippen molar-refractivity contribution in [3.8, 4) is 0 Å². The Balaban J connectivity index is 2.33. The Morgan fingerprint density at radius 1 is 1.68 bits per heavy atom. The molecule has 2 N–H and O–H groups in total. The van der Waals surface area contributed by atoms with Crippen molar-refractivity contribution in [3.05, 3.63) is 26.3 Å². The van der Waals surface area contributed by atoms with Gasteiger partial charge in [0.2, 0.25) is 0 Å². The lowest BCUT2D eigenvalue weighted by atomic mass is 9.90. The standard InChI is InChI=1S/C12H17BrN4O2/c1-8-9(17(18)19)5-15-11(10(8)13)16-4-3-12(2,6-14)7-16/h5H,3-4,6-7,14H2,1-2H3. The fourth-order valence-corrected chi connectivity index (χ4v) is 2.89. The Bertz CT molecular complexity index is 523. The van der Waals surface area contributed by atoms with Crippen LogP contribution in [0.15, 0.2) is 10.7 Å². The molecule has 1 saturated heterocycles. The van der Waals surface area contributed by atoms with E-state index in [9.17, 15) is 10.1 Å². The van der Waals surface area contributed by atoms with Crippen molar-refractivity contribution in [2.45, 2.75) is 20.3 Å². The summed E-state index contributed by atoms with van der Waals surface area (Å²) >= 11 is 3.43. The SMILES string of the molecule is Cc1c([N+](=O)[O-])cnc(N2CCC(C)(CN)C2)c1Br. The number of pyridine rings is 1. The van der Waals surface area contributed by atoms with Crippen LogP contribution >= 0.6 is 15.9 Å². The zero-order valence-corrected chi connectivity index (χ0v) is 12.6. The molecule has 104 valence electrons. The van der Waals surface area contributed by atoms with Gasteiger partial charge in [0.15, 0.2) is 0 Å². The van der Waals surface area contributed by atoms with E-state index in [4.69, 9.17) is 5.73 Å². The molecule has 2 heterocycles. The van der Waals surface area contributed by atoms with Crippen LogP contribution in [-0.2, 0) is 0 Å². The first-order valence-corrected chi connectivity index (χ1v) is 6.92. The first-order chi connectivity index (χ1) is 8.88. The zero-order valence-electron chi connectivity index (χ0n) is 11.0. The Morgan fingerprint density at radius 3 is 2.89 bits per heavy atom. The summed E-state index contributed by atoms with van der Waals surface area (Å²) in [6, 6.07) is 0. The predicted molar refractivity (Wildman–Crippen MR) is 77.3 cm³/mol. The molecule has 6 nitrogen and oxygen atoms in total. The number of hydrogen-bond acceptors (Lipinski definition) is 5. The number of aromatic nitrogens is 1. The van der Waals surface area contributed by atoms with Crippen LogP contribution < -0.4 is 10.6 Å². The number of nitrogens with zero attached hydrogens (tertiary/aromatic N) is 3. The smallest absolute Gasteiger partial charge is 0.291 e. The molecule has 0 aliphatic carbocycles. The van der Waals surface area contributed by atoms with E-state index in [1.807, 2.05) is 0 Å². The van der Waals surface area contributed by atoms with Crippen molar-refractivity contribution < 1.29 is 4.92 Å². The summed E-state index contributed by atoms with van der Waals surface area (Å²) in [4.78, 5) is 16.8. The van der Waals surface area contributed by atoms with Crippen LogP contribution in [0.3, 0.4) is 0 Å². The van der Waals surface area contributed by atoms with Gasteiger partial charge in [0, 0.05) is 18.7 Å². The van der Waals surface area contributed by atoms with Crippen LogP contribution in [0.25, 0.3) is 0 Å². The molecule has 19 heavy (non-hydrogen) atoms. The molecule has 0 spiro atoms. The van der Waals surface area contributed by atoms with Crippen LogP contribution in [0.2, 0.25) is 0 Å². The Morgan fingerprint density at radius 2 is 2.37 bits per heavy atom. The van der Waals surface area contributed by atoms with Gasteiger partial charge in [0.1, 0.15) is 12.0 Å². The molecule has 0 radical (unpaired) electrons. The summed E-state index contributed by atoms with van der Waals surface area (Å²) in [6.07, 6.45) is 2.33. The maximum Gasteiger partial charge on any atom is 0.291 e. The van der Waals surface area contributed by atoms with Gasteiger partial charge in [-0.1, -0.05) is 6.92 Å². The maximum atomic E-state index is 10.9. The Hall–Kier alpha value is -1.21. The average molecular weight is 329 g/mol. The van der Waals surface area contributed by atoms with Crippen molar-refractivity contribution in [2.75, 3.05) is 24.5 Å². The molecule has 0 amide bonds. The summed E-state index contributed by atoms with van der Waals surface area (Å²) in [6.45, 7) is 6.21. The van der Waals surface area contributed by atoms with Crippen LogP contribution in [0.5, 0.6) is 0 Å². The first kappa shape index (κ1) is 14.2. The molecule has 0 bridgehead atoms. The highest BCUT2D eigenvalue weighted by Gasteiger charge is 2.34. The topological polar surface area (TPSA) is 85.3 Å². The average Bonchev–Trinajstić information content (AvgIpc) is 2.75. The lowest BCUT2D eigenvalue weighted by Crippen LogP contribution is -2.31. The third kappa shape index (κ3) is 2.57. The van der Waals surface area contributed by atoms with Gasteiger partial charge in [-0.25, -0.2) is 4.98 Å². The normalized spacial score (nSPS) is 22.8. The highest BCUT2D eigenvalue weighted by atomic mass is 79.9. The van der Waals surface area contributed by atoms with Crippen molar-refractivity contribution >= 4 is 27.4 Å². The Labute approximate surface area is 120 Å². The molecule has 2 rings (SSSR count). The first-order valence-electron chi connectivity index (χ1n) is 6.12. The van der Waals surface area contributed by atoms with E-state index in [-0.39, 0.29) is 11.1 Å². The van der Waals surface area contributed by atoms with Crippen molar-refractivity contribution in [1.82, 2.24) is 4.98 Å². The van der Waals surface area contributed by atoms with E-state index in [1.165, 1.54) is 6.20 Å². The fourth-order valence-electron chi connectivity index (χ4n) is 2.33. The number of nitrogens with two attached hydrogens (primary N) is 1. The number of halogens is 1. The third-order valence-electron chi connectivity index (χ3n) is 3.77.